The average Bonchev–Trinajstić information content (AvgIpc) is 3.02. The molecule has 1 saturated heterocycles. The Bertz CT molecular complexity index is 495. The summed E-state index contributed by atoms with van der Waals surface area (Å²) in [7, 11) is 3.55. The number of thioether (sulfide) groups is 1. The van der Waals surface area contributed by atoms with Crippen LogP contribution in [0.25, 0.3) is 0 Å². The number of nitrogens with zero attached hydrogens (tertiary/aromatic N) is 2. The molecule has 2 N–H and O–H groups in total. The molecule has 2 rings (SSSR count). The summed E-state index contributed by atoms with van der Waals surface area (Å²) in [6.07, 6.45) is 3.21. The van der Waals surface area contributed by atoms with Crippen LogP contribution in [-0.2, 0) is 0 Å². The summed E-state index contributed by atoms with van der Waals surface area (Å²) in [5.74, 6) is 2.91. The molecular weight excluding hydrogens is 296 g/mol. The quantitative estimate of drug-likeness (QED) is 0.475. The topological polar surface area (TPSA) is 48.9 Å². The van der Waals surface area contributed by atoms with Gasteiger partial charge in [0.1, 0.15) is 5.75 Å². The van der Waals surface area contributed by atoms with Gasteiger partial charge in [-0.3, -0.25) is 4.99 Å². The van der Waals surface area contributed by atoms with E-state index in [2.05, 4.69) is 38.9 Å². The third-order valence-corrected chi connectivity index (χ3v) is 4.39. The standard InChI is InChI=1S/C16H26N4OS/c1-17-16(18-9-11-22-3)19-13-8-10-20(12-13)14-6-4-5-7-15(14)21-2/h4-7,13H,8-12H2,1-3H3,(H2,17,18,19). The maximum absolute atomic E-state index is 5.46. The highest BCUT2D eigenvalue weighted by atomic mass is 32.2. The third kappa shape index (κ3) is 4.47. The molecule has 122 valence electrons. The fraction of sp³-hybridized carbons (Fsp3) is 0.562. The summed E-state index contributed by atoms with van der Waals surface area (Å²) in [6.45, 7) is 2.92. The predicted octanol–water partition coefficient (Wildman–Crippen LogP) is 1.80. The zero-order valence-electron chi connectivity index (χ0n) is 13.6. The second-order valence-corrected chi connectivity index (χ2v) is 6.23. The predicted molar refractivity (Wildman–Crippen MR) is 96.5 cm³/mol. The van der Waals surface area contributed by atoms with E-state index in [9.17, 15) is 0 Å². The minimum Gasteiger partial charge on any atom is -0.495 e. The Hall–Kier alpha value is -1.56. The van der Waals surface area contributed by atoms with Crippen LogP contribution in [0.15, 0.2) is 29.3 Å². The Morgan fingerprint density at radius 1 is 1.45 bits per heavy atom. The Morgan fingerprint density at radius 2 is 2.27 bits per heavy atom. The van der Waals surface area contributed by atoms with E-state index < -0.39 is 0 Å². The van der Waals surface area contributed by atoms with Gasteiger partial charge in [0.15, 0.2) is 5.96 Å². The summed E-state index contributed by atoms with van der Waals surface area (Å²) in [5, 5.41) is 6.86. The maximum atomic E-state index is 5.46. The number of rotatable bonds is 6. The lowest BCUT2D eigenvalue weighted by Gasteiger charge is -2.22. The van der Waals surface area contributed by atoms with Crippen molar-refractivity contribution in [2.75, 3.05) is 50.7 Å². The van der Waals surface area contributed by atoms with Crippen LogP contribution in [0.2, 0.25) is 0 Å². The average molecular weight is 322 g/mol. The first kappa shape index (κ1) is 16.8. The van der Waals surface area contributed by atoms with Crippen molar-refractivity contribution in [3.63, 3.8) is 0 Å². The summed E-state index contributed by atoms with van der Waals surface area (Å²) in [5.41, 5.74) is 1.17. The van der Waals surface area contributed by atoms with Crippen LogP contribution in [0.4, 0.5) is 5.69 Å². The summed E-state index contributed by atoms with van der Waals surface area (Å²) in [4.78, 5) is 6.66. The van der Waals surface area contributed by atoms with Crippen molar-refractivity contribution >= 4 is 23.4 Å². The Kier molecular flexibility index (Phi) is 6.71. The highest BCUT2D eigenvalue weighted by Crippen LogP contribution is 2.30. The lowest BCUT2D eigenvalue weighted by Crippen LogP contribution is -2.45. The monoisotopic (exact) mass is 322 g/mol. The smallest absolute Gasteiger partial charge is 0.191 e. The van der Waals surface area contributed by atoms with Gasteiger partial charge in [-0.05, 0) is 24.8 Å². The number of nitrogens with one attached hydrogen (secondary N) is 2. The molecule has 1 aromatic carbocycles. The van der Waals surface area contributed by atoms with Crippen LogP contribution in [0.3, 0.4) is 0 Å². The number of guanidine groups is 1. The molecule has 0 bridgehead atoms. The Morgan fingerprint density at radius 3 is 3.00 bits per heavy atom. The molecular formula is C16H26N4OS. The molecule has 0 saturated carbocycles. The fourth-order valence-corrected chi connectivity index (χ4v) is 2.95. The summed E-state index contributed by atoms with van der Waals surface area (Å²) >= 11 is 1.83. The Labute approximate surface area is 137 Å². The van der Waals surface area contributed by atoms with Crippen molar-refractivity contribution in [1.82, 2.24) is 10.6 Å². The first-order valence-corrected chi connectivity index (χ1v) is 9.02. The van der Waals surface area contributed by atoms with Crippen LogP contribution < -0.4 is 20.3 Å². The van der Waals surface area contributed by atoms with E-state index in [-0.39, 0.29) is 0 Å². The summed E-state index contributed by atoms with van der Waals surface area (Å²) < 4.78 is 5.46. The molecule has 5 nitrogen and oxygen atoms in total. The fourth-order valence-electron chi connectivity index (χ4n) is 2.65. The molecule has 1 aliphatic heterocycles. The van der Waals surface area contributed by atoms with Crippen LogP contribution >= 0.6 is 11.8 Å². The van der Waals surface area contributed by atoms with Gasteiger partial charge in [-0.2, -0.15) is 11.8 Å². The van der Waals surface area contributed by atoms with Gasteiger partial charge >= 0.3 is 0 Å². The zero-order chi connectivity index (χ0) is 15.8. The first-order chi connectivity index (χ1) is 10.8. The number of para-hydroxylation sites is 2. The number of anilines is 1. The zero-order valence-corrected chi connectivity index (χ0v) is 14.4. The van der Waals surface area contributed by atoms with Gasteiger partial charge in [-0.1, -0.05) is 12.1 Å². The van der Waals surface area contributed by atoms with Crippen molar-refractivity contribution in [3.8, 4) is 5.75 Å². The number of aliphatic imine (C=N–C) groups is 1. The lowest BCUT2D eigenvalue weighted by atomic mass is 10.2. The van der Waals surface area contributed by atoms with E-state index in [0.717, 1.165) is 43.5 Å². The molecule has 0 amide bonds. The molecule has 1 aromatic rings. The third-order valence-electron chi connectivity index (χ3n) is 3.78. The number of hydrogen-bond acceptors (Lipinski definition) is 4. The van der Waals surface area contributed by atoms with Gasteiger partial charge in [-0.25, -0.2) is 0 Å². The van der Waals surface area contributed by atoms with Crippen LogP contribution in [0, 0.1) is 0 Å². The number of benzene rings is 1. The van der Waals surface area contributed by atoms with Crippen molar-refractivity contribution < 1.29 is 4.74 Å². The van der Waals surface area contributed by atoms with Gasteiger partial charge in [0.25, 0.3) is 0 Å². The van der Waals surface area contributed by atoms with E-state index in [1.165, 1.54) is 5.69 Å². The van der Waals surface area contributed by atoms with Gasteiger partial charge in [0.2, 0.25) is 0 Å². The van der Waals surface area contributed by atoms with Crippen molar-refractivity contribution in [2.45, 2.75) is 12.5 Å². The molecule has 0 aromatic heterocycles. The number of ether oxygens (including phenoxy) is 1. The minimum absolute atomic E-state index is 0.408. The molecule has 0 spiro atoms. The van der Waals surface area contributed by atoms with E-state index in [1.807, 2.05) is 30.9 Å². The maximum Gasteiger partial charge on any atom is 0.191 e. The molecule has 6 heteroatoms. The highest BCUT2D eigenvalue weighted by Gasteiger charge is 2.25. The molecule has 0 aliphatic carbocycles. The van der Waals surface area contributed by atoms with Crippen molar-refractivity contribution in [1.29, 1.82) is 0 Å². The molecule has 1 aliphatic rings. The highest BCUT2D eigenvalue weighted by molar-refractivity contribution is 7.98. The van der Waals surface area contributed by atoms with Crippen molar-refractivity contribution in [2.24, 2.45) is 4.99 Å². The molecule has 1 fully saturated rings. The molecule has 1 unspecified atom stereocenters. The lowest BCUT2D eigenvalue weighted by molar-refractivity contribution is 0.415. The first-order valence-electron chi connectivity index (χ1n) is 7.62. The molecule has 1 heterocycles. The van der Waals surface area contributed by atoms with E-state index in [1.54, 1.807) is 7.11 Å². The van der Waals surface area contributed by atoms with Gasteiger partial charge < -0.3 is 20.3 Å². The van der Waals surface area contributed by atoms with Gasteiger partial charge in [-0.15, -0.1) is 0 Å². The molecule has 0 radical (unpaired) electrons. The van der Waals surface area contributed by atoms with Crippen LogP contribution in [-0.4, -0.2) is 57.8 Å². The summed E-state index contributed by atoms with van der Waals surface area (Å²) in [6, 6.07) is 8.60. The minimum atomic E-state index is 0.408. The molecule has 1 atom stereocenters. The SMILES string of the molecule is CN=C(NCCSC)NC1CCN(c2ccccc2OC)C1. The Balaban J connectivity index is 1.89. The largest absolute Gasteiger partial charge is 0.495 e. The number of hydrogen-bond donors (Lipinski definition) is 2. The van der Waals surface area contributed by atoms with Crippen LogP contribution in [0.1, 0.15) is 6.42 Å². The number of methoxy groups -OCH3 is 1. The normalized spacial score (nSPS) is 18.4. The van der Waals surface area contributed by atoms with Crippen LogP contribution in [0.5, 0.6) is 5.75 Å². The van der Waals surface area contributed by atoms with E-state index in [0.29, 0.717) is 6.04 Å². The van der Waals surface area contributed by atoms with E-state index in [4.69, 9.17) is 4.74 Å². The second kappa shape index (κ2) is 8.78. The molecule has 22 heavy (non-hydrogen) atoms. The van der Waals surface area contributed by atoms with E-state index >= 15 is 0 Å². The van der Waals surface area contributed by atoms with Gasteiger partial charge in [0.05, 0.1) is 12.8 Å². The van der Waals surface area contributed by atoms with Gasteiger partial charge in [0, 0.05) is 38.5 Å². The van der Waals surface area contributed by atoms with Crippen molar-refractivity contribution in [3.05, 3.63) is 24.3 Å². The second-order valence-electron chi connectivity index (χ2n) is 5.24.